The van der Waals surface area contributed by atoms with Crippen molar-refractivity contribution < 1.29 is 13.2 Å². The lowest BCUT2D eigenvalue weighted by Crippen LogP contribution is -2.57. The molecule has 0 atom stereocenters. The predicted molar refractivity (Wildman–Crippen MR) is 96.8 cm³/mol. The Morgan fingerprint density at radius 1 is 1.29 bits per heavy atom. The van der Waals surface area contributed by atoms with Crippen molar-refractivity contribution in [2.75, 3.05) is 33.0 Å². The van der Waals surface area contributed by atoms with Crippen LogP contribution in [0.25, 0.3) is 0 Å². The number of benzene rings is 1. The van der Waals surface area contributed by atoms with Gasteiger partial charge in [-0.1, -0.05) is 24.3 Å². The molecule has 0 saturated carbocycles. The molecular weight excluding hydrogens is 326 g/mol. The van der Waals surface area contributed by atoms with Crippen LogP contribution >= 0.6 is 0 Å². The Kier molecular flexibility index (Phi) is 5.87. The van der Waals surface area contributed by atoms with Crippen molar-refractivity contribution in [2.45, 2.75) is 31.7 Å². The van der Waals surface area contributed by atoms with Gasteiger partial charge in [0, 0.05) is 33.8 Å². The maximum Gasteiger partial charge on any atom is 0.193 e. The quantitative estimate of drug-likeness (QED) is 0.655. The molecule has 0 amide bonds. The molecule has 0 radical (unpaired) electrons. The second-order valence-electron chi connectivity index (χ2n) is 6.65. The Morgan fingerprint density at radius 3 is 2.46 bits per heavy atom. The van der Waals surface area contributed by atoms with Crippen molar-refractivity contribution in [3.05, 3.63) is 35.4 Å². The van der Waals surface area contributed by atoms with E-state index in [1.807, 2.05) is 17.0 Å². The Morgan fingerprint density at radius 2 is 1.92 bits per heavy atom. The van der Waals surface area contributed by atoms with E-state index in [1.165, 1.54) is 0 Å². The van der Waals surface area contributed by atoms with Gasteiger partial charge >= 0.3 is 0 Å². The molecule has 0 aromatic heterocycles. The van der Waals surface area contributed by atoms with Gasteiger partial charge in [-0.2, -0.15) is 0 Å². The third-order valence-corrected chi connectivity index (χ3v) is 6.87. The maximum atomic E-state index is 12.1. The Hall–Kier alpha value is -1.60. The fourth-order valence-electron chi connectivity index (χ4n) is 2.76. The summed E-state index contributed by atoms with van der Waals surface area (Å²) >= 11 is 0. The first-order valence-electron chi connectivity index (χ1n) is 8.04. The van der Waals surface area contributed by atoms with Crippen LogP contribution < -0.4 is 5.32 Å². The molecule has 0 spiro atoms. The first-order valence-corrected chi connectivity index (χ1v) is 9.69. The van der Waals surface area contributed by atoms with Crippen LogP contribution in [-0.2, 0) is 27.7 Å². The van der Waals surface area contributed by atoms with E-state index in [2.05, 4.69) is 22.4 Å². The lowest BCUT2D eigenvalue weighted by molar-refractivity contribution is 0.185. The van der Waals surface area contributed by atoms with Crippen molar-refractivity contribution in [3.63, 3.8) is 0 Å². The number of sulfone groups is 1. The fourth-order valence-corrected chi connectivity index (χ4v) is 4.12. The summed E-state index contributed by atoms with van der Waals surface area (Å²) in [5.41, 5.74) is 2.27. The zero-order valence-corrected chi connectivity index (χ0v) is 15.7. The van der Waals surface area contributed by atoms with Gasteiger partial charge in [-0.05, 0) is 25.0 Å². The summed E-state index contributed by atoms with van der Waals surface area (Å²) in [5, 5.41) is 3.32. The van der Waals surface area contributed by atoms with Crippen LogP contribution in [-0.4, -0.2) is 57.0 Å². The highest BCUT2D eigenvalue weighted by atomic mass is 32.2. The van der Waals surface area contributed by atoms with E-state index in [0.29, 0.717) is 26.2 Å². The van der Waals surface area contributed by atoms with Crippen molar-refractivity contribution in [3.8, 4) is 0 Å². The first kappa shape index (κ1) is 18.7. The summed E-state index contributed by atoms with van der Waals surface area (Å²) in [5.74, 6) is 0.894. The molecule has 1 N–H and O–H groups in total. The number of rotatable bonds is 4. The fraction of sp³-hybridized carbons (Fsp3) is 0.588. The number of guanidine groups is 1. The number of aliphatic imine (C=N–C) groups is 1. The molecule has 1 aromatic rings. The molecule has 1 heterocycles. The van der Waals surface area contributed by atoms with E-state index in [4.69, 9.17) is 4.74 Å². The van der Waals surface area contributed by atoms with Crippen molar-refractivity contribution in [1.82, 2.24) is 10.2 Å². The molecule has 0 aliphatic carbocycles. The number of methoxy groups -OCH3 is 1. The zero-order valence-electron chi connectivity index (χ0n) is 14.9. The van der Waals surface area contributed by atoms with Crippen LogP contribution in [0, 0.1) is 0 Å². The van der Waals surface area contributed by atoms with Crippen molar-refractivity contribution in [1.29, 1.82) is 0 Å². The van der Waals surface area contributed by atoms with E-state index in [0.717, 1.165) is 17.1 Å². The first-order chi connectivity index (χ1) is 11.3. The van der Waals surface area contributed by atoms with E-state index < -0.39 is 14.6 Å². The molecule has 6 nitrogen and oxygen atoms in total. The summed E-state index contributed by atoms with van der Waals surface area (Å²) in [7, 11) is 0.353. The third kappa shape index (κ3) is 4.27. The maximum absolute atomic E-state index is 12.1. The van der Waals surface area contributed by atoms with Crippen molar-refractivity contribution in [2.24, 2.45) is 4.99 Å². The third-order valence-electron chi connectivity index (χ3n) is 4.34. The Labute approximate surface area is 144 Å². The Balaban J connectivity index is 1.98. The summed E-state index contributed by atoms with van der Waals surface area (Å²) < 4.78 is 28.6. The molecule has 1 aromatic carbocycles. The van der Waals surface area contributed by atoms with E-state index in [9.17, 15) is 8.42 Å². The molecule has 1 fully saturated rings. The highest BCUT2D eigenvalue weighted by Crippen LogP contribution is 2.23. The smallest absolute Gasteiger partial charge is 0.193 e. The second-order valence-corrected chi connectivity index (χ2v) is 9.39. The largest absolute Gasteiger partial charge is 0.380 e. The van der Waals surface area contributed by atoms with Gasteiger partial charge in [0.1, 0.15) is 0 Å². The zero-order chi connectivity index (χ0) is 17.8. The lowest BCUT2D eigenvalue weighted by atomic mass is 10.1. The van der Waals surface area contributed by atoms with E-state index >= 15 is 0 Å². The van der Waals surface area contributed by atoms with Gasteiger partial charge in [0.15, 0.2) is 15.8 Å². The standard InChI is InChI=1S/C17H27N3O3S/c1-17(2)13-20(9-10-24(17,21)22)16(18-3)19-11-14-5-7-15(8-6-14)12-23-4/h5-8H,9-13H2,1-4H3,(H,18,19). The van der Waals surface area contributed by atoms with Gasteiger partial charge in [-0.15, -0.1) is 0 Å². The molecule has 1 saturated heterocycles. The molecule has 24 heavy (non-hydrogen) atoms. The van der Waals surface area contributed by atoms with Gasteiger partial charge in [0.25, 0.3) is 0 Å². The number of nitrogens with zero attached hydrogens (tertiary/aromatic N) is 2. The molecule has 7 heteroatoms. The normalized spacial score (nSPS) is 20.0. The number of nitrogens with one attached hydrogen (secondary N) is 1. The topological polar surface area (TPSA) is 71.0 Å². The minimum Gasteiger partial charge on any atom is -0.380 e. The van der Waals surface area contributed by atoms with Crippen LogP contribution in [0.3, 0.4) is 0 Å². The van der Waals surface area contributed by atoms with Crippen LogP contribution in [0.1, 0.15) is 25.0 Å². The van der Waals surface area contributed by atoms with Gasteiger partial charge < -0.3 is 15.0 Å². The molecule has 2 rings (SSSR count). The van der Waals surface area contributed by atoms with Gasteiger partial charge in [0.2, 0.25) is 0 Å². The minimum absolute atomic E-state index is 0.159. The molecular formula is C17H27N3O3S. The molecule has 0 bridgehead atoms. The summed E-state index contributed by atoms with van der Waals surface area (Å²) in [6.07, 6.45) is 0. The monoisotopic (exact) mass is 353 g/mol. The lowest BCUT2D eigenvalue weighted by Gasteiger charge is -2.39. The van der Waals surface area contributed by atoms with E-state index in [-0.39, 0.29) is 5.75 Å². The molecule has 134 valence electrons. The average Bonchev–Trinajstić information content (AvgIpc) is 2.53. The Bertz CT molecular complexity index is 682. The summed E-state index contributed by atoms with van der Waals surface area (Å²) in [4.78, 5) is 6.32. The number of ether oxygens (including phenoxy) is 1. The van der Waals surface area contributed by atoms with Crippen LogP contribution in [0.2, 0.25) is 0 Å². The number of hydrogen-bond acceptors (Lipinski definition) is 4. The van der Waals surface area contributed by atoms with Crippen molar-refractivity contribution >= 4 is 15.8 Å². The molecule has 1 aliphatic rings. The second kappa shape index (κ2) is 7.53. The van der Waals surface area contributed by atoms with Crippen LogP contribution in [0.5, 0.6) is 0 Å². The van der Waals surface area contributed by atoms with Gasteiger partial charge in [-0.25, -0.2) is 8.42 Å². The van der Waals surface area contributed by atoms with Gasteiger partial charge in [0.05, 0.1) is 17.1 Å². The van der Waals surface area contributed by atoms with E-state index in [1.54, 1.807) is 28.0 Å². The van der Waals surface area contributed by atoms with Crippen LogP contribution in [0.15, 0.2) is 29.3 Å². The molecule has 0 unspecified atom stereocenters. The summed E-state index contributed by atoms with van der Waals surface area (Å²) in [6, 6.07) is 8.19. The average molecular weight is 353 g/mol. The van der Waals surface area contributed by atoms with Gasteiger partial charge in [-0.3, -0.25) is 4.99 Å². The highest BCUT2D eigenvalue weighted by Gasteiger charge is 2.40. The SMILES string of the molecule is CN=C(NCc1ccc(COC)cc1)N1CCS(=O)(=O)C(C)(C)C1. The number of hydrogen-bond donors (Lipinski definition) is 1. The minimum atomic E-state index is -3.05. The summed E-state index contributed by atoms with van der Waals surface area (Å²) in [6.45, 7) is 5.71. The predicted octanol–water partition coefficient (Wildman–Crippen LogP) is 1.42. The highest BCUT2D eigenvalue weighted by molar-refractivity contribution is 7.92. The van der Waals surface area contributed by atoms with Crippen LogP contribution in [0.4, 0.5) is 0 Å². The molecule has 1 aliphatic heterocycles.